The lowest BCUT2D eigenvalue weighted by Crippen LogP contribution is -2.50. The molecule has 2 amide bonds. The highest BCUT2D eigenvalue weighted by Gasteiger charge is 2.26. The van der Waals surface area contributed by atoms with E-state index in [0.717, 1.165) is 0 Å². The average molecular weight is 380 g/mol. The van der Waals surface area contributed by atoms with E-state index in [1.165, 1.54) is 6.20 Å². The summed E-state index contributed by atoms with van der Waals surface area (Å²) in [7, 11) is 0. The standard InChI is InChI=1S/C19H20N6O3/c1-2-28-19(27)25-10-8-24(9-11-25)17(26)16-6-7-21-18(23-16)22-15-5-3-4-14(12-15)13-20/h3-7,12H,2,8-11H2,1H3,(H,21,22,23). The predicted molar refractivity (Wildman–Crippen MR) is 101 cm³/mol. The van der Waals surface area contributed by atoms with Gasteiger partial charge in [0, 0.05) is 38.1 Å². The van der Waals surface area contributed by atoms with Crippen molar-refractivity contribution in [2.45, 2.75) is 6.92 Å². The minimum absolute atomic E-state index is 0.222. The fraction of sp³-hybridized carbons (Fsp3) is 0.316. The number of hydrogen-bond donors (Lipinski definition) is 1. The number of hydrogen-bond acceptors (Lipinski definition) is 7. The van der Waals surface area contributed by atoms with E-state index in [4.69, 9.17) is 10.00 Å². The molecule has 0 spiro atoms. The Balaban J connectivity index is 1.64. The molecule has 28 heavy (non-hydrogen) atoms. The monoisotopic (exact) mass is 380 g/mol. The third-order valence-corrected chi connectivity index (χ3v) is 4.22. The molecule has 1 aliphatic heterocycles. The van der Waals surface area contributed by atoms with Gasteiger partial charge < -0.3 is 19.9 Å². The molecule has 0 unspecified atom stereocenters. The van der Waals surface area contributed by atoms with Crippen LogP contribution in [0.5, 0.6) is 0 Å². The maximum atomic E-state index is 12.7. The van der Waals surface area contributed by atoms with Crippen LogP contribution in [0.2, 0.25) is 0 Å². The van der Waals surface area contributed by atoms with E-state index in [9.17, 15) is 9.59 Å². The van der Waals surface area contributed by atoms with E-state index in [2.05, 4.69) is 21.4 Å². The molecule has 1 aliphatic rings. The van der Waals surface area contributed by atoms with Crippen LogP contribution in [-0.2, 0) is 4.74 Å². The molecule has 9 nitrogen and oxygen atoms in total. The fourth-order valence-corrected chi connectivity index (χ4v) is 2.80. The highest BCUT2D eigenvalue weighted by molar-refractivity contribution is 5.92. The van der Waals surface area contributed by atoms with Gasteiger partial charge in [-0.25, -0.2) is 14.8 Å². The molecule has 0 radical (unpaired) electrons. The van der Waals surface area contributed by atoms with Gasteiger partial charge >= 0.3 is 6.09 Å². The van der Waals surface area contributed by atoms with Crippen LogP contribution in [0.15, 0.2) is 36.5 Å². The zero-order chi connectivity index (χ0) is 19.9. The average Bonchev–Trinajstić information content (AvgIpc) is 2.74. The van der Waals surface area contributed by atoms with E-state index in [1.807, 2.05) is 0 Å². The first kappa shape index (κ1) is 19.1. The quantitative estimate of drug-likeness (QED) is 0.863. The van der Waals surface area contributed by atoms with Crippen molar-refractivity contribution in [1.29, 1.82) is 5.26 Å². The van der Waals surface area contributed by atoms with E-state index in [1.54, 1.807) is 47.1 Å². The normalized spacial score (nSPS) is 13.6. The summed E-state index contributed by atoms with van der Waals surface area (Å²) in [5, 5.41) is 12.0. The van der Waals surface area contributed by atoms with E-state index < -0.39 is 0 Å². The predicted octanol–water partition coefficient (Wildman–Crippen LogP) is 2.01. The van der Waals surface area contributed by atoms with Gasteiger partial charge in [-0.15, -0.1) is 0 Å². The van der Waals surface area contributed by atoms with Crippen molar-refractivity contribution in [2.75, 3.05) is 38.1 Å². The Morgan fingerprint density at radius 1 is 1.21 bits per heavy atom. The first-order chi connectivity index (χ1) is 13.6. The molecular formula is C19H20N6O3. The van der Waals surface area contributed by atoms with Crippen LogP contribution in [0, 0.1) is 11.3 Å². The Labute approximate surface area is 162 Å². The fourth-order valence-electron chi connectivity index (χ4n) is 2.80. The third-order valence-electron chi connectivity index (χ3n) is 4.22. The number of anilines is 2. The Kier molecular flexibility index (Phi) is 6.01. The van der Waals surface area contributed by atoms with Gasteiger partial charge in [-0.2, -0.15) is 5.26 Å². The Hall–Kier alpha value is -3.67. The zero-order valence-corrected chi connectivity index (χ0v) is 15.5. The summed E-state index contributed by atoms with van der Waals surface area (Å²) in [6.45, 7) is 3.74. The van der Waals surface area contributed by atoms with Crippen molar-refractivity contribution in [2.24, 2.45) is 0 Å². The summed E-state index contributed by atoms with van der Waals surface area (Å²) < 4.78 is 4.99. The Bertz CT molecular complexity index is 903. The minimum Gasteiger partial charge on any atom is -0.450 e. The Morgan fingerprint density at radius 2 is 1.96 bits per heavy atom. The topological polar surface area (TPSA) is 111 Å². The largest absolute Gasteiger partial charge is 0.450 e. The van der Waals surface area contributed by atoms with Gasteiger partial charge in [0.05, 0.1) is 18.2 Å². The number of nitrogens with one attached hydrogen (secondary N) is 1. The molecule has 0 bridgehead atoms. The van der Waals surface area contributed by atoms with Crippen molar-refractivity contribution in [3.8, 4) is 6.07 Å². The van der Waals surface area contributed by atoms with Crippen LogP contribution >= 0.6 is 0 Å². The molecule has 1 aromatic carbocycles. The summed E-state index contributed by atoms with van der Waals surface area (Å²) >= 11 is 0. The molecule has 0 atom stereocenters. The molecule has 1 fully saturated rings. The zero-order valence-electron chi connectivity index (χ0n) is 15.5. The van der Waals surface area contributed by atoms with Crippen molar-refractivity contribution >= 4 is 23.6 Å². The van der Waals surface area contributed by atoms with Gasteiger partial charge in [-0.05, 0) is 31.2 Å². The molecule has 2 heterocycles. The number of rotatable bonds is 4. The number of nitriles is 1. The molecule has 0 aliphatic carbocycles. The highest BCUT2D eigenvalue weighted by atomic mass is 16.6. The maximum absolute atomic E-state index is 12.7. The second-order valence-corrected chi connectivity index (χ2v) is 6.06. The number of amides is 2. The Morgan fingerprint density at radius 3 is 2.68 bits per heavy atom. The molecular weight excluding hydrogens is 360 g/mol. The third kappa shape index (κ3) is 4.54. The smallest absolute Gasteiger partial charge is 0.409 e. The molecule has 1 saturated heterocycles. The second-order valence-electron chi connectivity index (χ2n) is 6.06. The van der Waals surface area contributed by atoms with Crippen molar-refractivity contribution < 1.29 is 14.3 Å². The lowest BCUT2D eigenvalue weighted by molar-refractivity contribution is 0.0566. The number of benzene rings is 1. The van der Waals surface area contributed by atoms with Gasteiger partial charge in [-0.3, -0.25) is 4.79 Å². The van der Waals surface area contributed by atoms with Crippen molar-refractivity contribution in [3.05, 3.63) is 47.8 Å². The number of aromatic nitrogens is 2. The van der Waals surface area contributed by atoms with Crippen molar-refractivity contribution in [1.82, 2.24) is 19.8 Å². The van der Waals surface area contributed by atoms with Gasteiger partial charge in [0.1, 0.15) is 5.69 Å². The summed E-state index contributed by atoms with van der Waals surface area (Å²) in [5.41, 5.74) is 1.43. The molecule has 144 valence electrons. The van der Waals surface area contributed by atoms with Crippen LogP contribution in [0.4, 0.5) is 16.4 Å². The van der Waals surface area contributed by atoms with Crippen LogP contribution < -0.4 is 5.32 Å². The van der Waals surface area contributed by atoms with Crippen LogP contribution in [-0.4, -0.2) is 64.6 Å². The molecule has 1 aromatic heterocycles. The first-order valence-electron chi connectivity index (χ1n) is 8.92. The summed E-state index contributed by atoms with van der Waals surface area (Å²) in [6.07, 6.45) is 1.15. The number of carbonyl (C=O) groups excluding carboxylic acids is 2. The first-order valence-corrected chi connectivity index (χ1v) is 8.92. The van der Waals surface area contributed by atoms with Gasteiger partial charge in [0.25, 0.3) is 5.91 Å². The van der Waals surface area contributed by atoms with E-state index >= 15 is 0 Å². The lowest BCUT2D eigenvalue weighted by atomic mass is 10.2. The molecule has 9 heteroatoms. The number of ether oxygens (including phenoxy) is 1. The molecule has 3 rings (SSSR count). The van der Waals surface area contributed by atoms with Gasteiger partial charge in [-0.1, -0.05) is 6.07 Å². The van der Waals surface area contributed by atoms with Crippen molar-refractivity contribution in [3.63, 3.8) is 0 Å². The summed E-state index contributed by atoms with van der Waals surface area (Å²) in [4.78, 5) is 36.1. The lowest BCUT2D eigenvalue weighted by Gasteiger charge is -2.33. The van der Waals surface area contributed by atoms with E-state index in [0.29, 0.717) is 44.0 Å². The molecule has 0 saturated carbocycles. The number of piperazine rings is 1. The van der Waals surface area contributed by atoms with Gasteiger partial charge in [0.15, 0.2) is 0 Å². The van der Waals surface area contributed by atoms with Crippen LogP contribution in [0.25, 0.3) is 0 Å². The van der Waals surface area contributed by atoms with Crippen LogP contribution in [0.3, 0.4) is 0 Å². The number of nitrogens with zero attached hydrogens (tertiary/aromatic N) is 5. The highest BCUT2D eigenvalue weighted by Crippen LogP contribution is 2.15. The molecule has 2 aromatic rings. The minimum atomic E-state index is -0.359. The number of carbonyl (C=O) groups is 2. The summed E-state index contributed by atoms with van der Waals surface area (Å²) in [6, 6.07) is 10.5. The van der Waals surface area contributed by atoms with E-state index in [-0.39, 0.29) is 23.6 Å². The van der Waals surface area contributed by atoms with Gasteiger partial charge in [0.2, 0.25) is 5.95 Å². The SMILES string of the molecule is CCOC(=O)N1CCN(C(=O)c2ccnc(Nc3cccc(C#N)c3)n2)CC1. The second kappa shape index (κ2) is 8.81. The van der Waals surface area contributed by atoms with Crippen LogP contribution in [0.1, 0.15) is 23.0 Å². The molecule has 1 N–H and O–H groups in total. The summed E-state index contributed by atoms with van der Waals surface area (Å²) in [5.74, 6) is 0.0471. The maximum Gasteiger partial charge on any atom is 0.409 e.